The van der Waals surface area contributed by atoms with E-state index in [1.165, 1.54) is 24.3 Å². The Bertz CT molecular complexity index is 446. The second-order valence-electron chi connectivity index (χ2n) is 3.92. The van der Waals surface area contributed by atoms with Crippen LogP contribution in [-0.4, -0.2) is 28.2 Å². The predicted octanol–water partition coefficient (Wildman–Crippen LogP) is -0.779. The molecule has 0 aliphatic carbocycles. The summed E-state index contributed by atoms with van der Waals surface area (Å²) in [6, 6.07) is 4.69. The van der Waals surface area contributed by atoms with Crippen molar-refractivity contribution in [3.63, 3.8) is 0 Å². The van der Waals surface area contributed by atoms with Crippen LogP contribution in [0.15, 0.2) is 24.3 Å². The van der Waals surface area contributed by atoms with Crippen molar-refractivity contribution in [2.75, 3.05) is 5.32 Å². The number of carboxylic acid groups (broad SMARTS) is 1. The van der Waals surface area contributed by atoms with Crippen LogP contribution < -0.4 is 16.3 Å². The molecule has 0 aliphatic rings. The first-order valence-corrected chi connectivity index (χ1v) is 5.51. The smallest absolute Gasteiger partial charge is 0.326 e. The number of nitrogens with two attached hydrogens (primary N) is 1. The zero-order chi connectivity index (χ0) is 14.4. The fourth-order valence-electron chi connectivity index (χ4n) is 1.45. The molecule has 1 rings (SSSR count). The van der Waals surface area contributed by atoms with Gasteiger partial charge in [0.05, 0.1) is 0 Å². The molecule has 1 amide bonds. The largest absolute Gasteiger partial charge is 0.595 e. The van der Waals surface area contributed by atoms with E-state index in [1.807, 2.05) is 0 Å². The Balaban J connectivity index is 2.68. The lowest BCUT2D eigenvalue weighted by molar-refractivity contribution is -0.991. The SMILES string of the molecule is NC(=O)CCC(Nc1ccc([NH+]([O-])O)cc1)C(=O)O. The fraction of sp³-hybridized carbons (Fsp3) is 0.273. The first-order valence-electron chi connectivity index (χ1n) is 5.51. The number of rotatable bonds is 7. The molecule has 0 heterocycles. The summed E-state index contributed by atoms with van der Waals surface area (Å²) in [6.45, 7) is 0. The van der Waals surface area contributed by atoms with E-state index in [0.29, 0.717) is 5.69 Å². The third-order valence-electron chi connectivity index (χ3n) is 2.45. The molecule has 0 saturated heterocycles. The van der Waals surface area contributed by atoms with E-state index in [4.69, 9.17) is 16.0 Å². The van der Waals surface area contributed by atoms with E-state index >= 15 is 0 Å². The number of carboxylic acids is 1. The second-order valence-corrected chi connectivity index (χ2v) is 3.92. The molecule has 2 atom stereocenters. The van der Waals surface area contributed by atoms with Gasteiger partial charge in [-0.15, -0.1) is 0 Å². The van der Waals surface area contributed by atoms with Crippen molar-refractivity contribution in [2.24, 2.45) is 5.73 Å². The standard InChI is InChI=1S/C11H15N3O5/c12-10(15)6-5-9(11(16)17)13-7-1-3-8(4-2-7)14(18)19/h1-4,9,13-14,18H,5-6H2,(H2,12,15)(H,16,17). The van der Waals surface area contributed by atoms with Crippen molar-refractivity contribution >= 4 is 23.3 Å². The molecule has 0 spiro atoms. The summed E-state index contributed by atoms with van der Waals surface area (Å²) in [5, 5.41) is 30.0. The molecule has 8 nitrogen and oxygen atoms in total. The number of primary amides is 1. The molecule has 6 N–H and O–H groups in total. The Hall–Kier alpha value is -2.16. The summed E-state index contributed by atoms with van der Waals surface area (Å²) in [5.74, 6) is -1.68. The summed E-state index contributed by atoms with van der Waals surface area (Å²) < 4.78 is 0. The summed E-state index contributed by atoms with van der Waals surface area (Å²) in [7, 11) is 0. The molecule has 0 aromatic heterocycles. The zero-order valence-electron chi connectivity index (χ0n) is 10.00. The van der Waals surface area contributed by atoms with Crippen LogP contribution in [0.25, 0.3) is 0 Å². The predicted molar refractivity (Wildman–Crippen MR) is 65.7 cm³/mol. The van der Waals surface area contributed by atoms with Gasteiger partial charge in [0.15, 0.2) is 5.69 Å². The first-order chi connectivity index (χ1) is 8.90. The minimum Gasteiger partial charge on any atom is -0.595 e. The van der Waals surface area contributed by atoms with Gasteiger partial charge >= 0.3 is 5.97 Å². The molecule has 0 aliphatic heterocycles. The van der Waals surface area contributed by atoms with E-state index in [1.54, 1.807) is 0 Å². The maximum atomic E-state index is 11.0. The van der Waals surface area contributed by atoms with Crippen molar-refractivity contribution in [3.05, 3.63) is 29.5 Å². The Morgan fingerprint density at radius 3 is 2.37 bits per heavy atom. The van der Waals surface area contributed by atoms with Gasteiger partial charge in [-0.2, -0.15) is 5.23 Å². The monoisotopic (exact) mass is 269 g/mol. The van der Waals surface area contributed by atoms with Crippen LogP contribution in [0.3, 0.4) is 0 Å². The number of hydrogen-bond acceptors (Lipinski definition) is 5. The number of anilines is 1. The third-order valence-corrected chi connectivity index (χ3v) is 2.45. The van der Waals surface area contributed by atoms with Crippen LogP contribution in [0, 0.1) is 5.21 Å². The van der Waals surface area contributed by atoms with E-state index in [-0.39, 0.29) is 18.5 Å². The quantitative estimate of drug-likeness (QED) is 0.411. The van der Waals surface area contributed by atoms with Crippen molar-refractivity contribution in [3.8, 4) is 0 Å². The van der Waals surface area contributed by atoms with Crippen molar-refractivity contribution in [1.29, 1.82) is 0 Å². The van der Waals surface area contributed by atoms with E-state index in [2.05, 4.69) is 5.32 Å². The average Bonchev–Trinajstić information content (AvgIpc) is 2.34. The Morgan fingerprint density at radius 1 is 1.37 bits per heavy atom. The van der Waals surface area contributed by atoms with Crippen LogP contribution in [-0.2, 0) is 9.59 Å². The highest BCUT2D eigenvalue weighted by atomic mass is 16.8. The Labute approximate surface area is 109 Å². The molecule has 2 unspecified atom stereocenters. The lowest BCUT2D eigenvalue weighted by atomic mass is 10.1. The van der Waals surface area contributed by atoms with Gasteiger partial charge < -0.3 is 21.4 Å². The van der Waals surface area contributed by atoms with E-state index in [0.717, 1.165) is 0 Å². The minimum absolute atomic E-state index is 0.0445. The van der Waals surface area contributed by atoms with Crippen molar-refractivity contribution < 1.29 is 25.1 Å². The van der Waals surface area contributed by atoms with Crippen LogP contribution in [0.4, 0.5) is 11.4 Å². The van der Waals surface area contributed by atoms with Crippen molar-refractivity contribution in [1.82, 2.24) is 0 Å². The number of nitrogens with one attached hydrogen (secondary N) is 2. The maximum Gasteiger partial charge on any atom is 0.326 e. The molecule has 0 bridgehead atoms. The third kappa shape index (κ3) is 4.92. The number of aliphatic carboxylic acids is 1. The highest BCUT2D eigenvalue weighted by Crippen LogP contribution is 2.13. The molecule has 1 aromatic carbocycles. The van der Waals surface area contributed by atoms with Crippen LogP contribution in [0.1, 0.15) is 12.8 Å². The number of hydrogen-bond donors (Lipinski definition) is 5. The first kappa shape index (κ1) is 14.9. The van der Waals surface area contributed by atoms with Crippen LogP contribution in [0.2, 0.25) is 0 Å². The Morgan fingerprint density at radius 2 is 1.95 bits per heavy atom. The van der Waals surface area contributed by atoms with Gasteiger partial charge in [0.25, 0.3) is 0 Å². The topological polar surface area (TPSA) is 140 Å². The van der Waals surface area contributed by atoms with Crippen LogP contribution >= 0.6 is 0 Å². The minimum atomic E-state index is -1.11. The average molecular weight is 269 g/mol. The zero-order valence-corrected chi connectivity index (χ0v) is 10.00. The number of amides is 1. The number of carbonyl (C=O) groups excluding carboxylic acids is 1. The molecule has 104 valence electrons. The van der Waals surface area contributed by atoms with Gasteiger partial charge in [-0.1, -0.05) is 0 Å². The molecule has 0 radical (unpaired) electrons. The van der Waals surface area contributed by atoms with Gasteiger partial charge in [0, 0.05) is 24.2 Å². The Kier molecular flexibility index (Phi) is 5.24. The van der Waals surface area contributed by atoms with E-state index in [9.17, 15) is 14.8 Å². The fourth-order valence-corrected chi connectivity index (χ4v) is 1.45. The molecule has 0 saturated carbocycles. The lowest BCUT2D eigenvalue weighted by Crippen LogP contribution is -2.99. The second kappa shape index (κ2) is 6.69. The maximum absolute atomic E-state index is 11.0. The van der Waals surface area contributed by atoms with Crippen molar-refractivity contribution in [2.45, 2.75) is 18.9 Å². The van der Waals surface area contributed by atoms with Crippen LogP contribution in [0.5, 0.6) is 0 Å². The molecular formula is C11H15N3O5. The summed E-state index contributed by atoms with van der Waals surface area (Å²) in [5.41, 5.74) is 5.53. The number of benzene rings is 1. The highest BCUT2D eigenvalue weighted by Gasteiger charge is 2.17. The normalized spacial score (nSPS) is 13.6. The molecule has 0 fully saturated rings. The number of quaternary nitrogens is 1. The molecule has 19 heavy (non-hydrogen) atoms. The van der Waals surface area contributed by atoms with Gasteiger partial charge in [-0.25, -0.2) is 10.0 Å². The van der Waals surface area contributed by atoms with Gasteiger partial charge in [-0.05, 0) is 18.6 Å². The molecule has 1 aromatic rings. The number of carbonyl (C=O) groups is 2. The van der Waals surface area contributed by atoms with Gasteiger partial charge in [-0.3, -0.25) is 4.79 Å². The van der Waals surface area contributed by atoms with Gasteiger partial charge in [0.1, 0.15) is 6.04 Å². The summed E-state index contributed by atoms with van der Waals surface area (Å²) in [6.07, 6.45) is 0.0164. The highest BCUT2D eigenvalue weighted by molar-refractivity contribution is 5.79. The summed E-state index contributed by atoms with van der Waals surface area (Å²) >= 11 is 0. The summed E-state index contributed by atoms with van der Waals surface area (Å²) in [4.78, 5) is 21.6. The van der Waals surface area contributed by atoms with E-state index < -0.39 is 23.1 Å². The lowest BCUT2D eigenvalue weighted by Gasteiger charge is -2.16. The molecule has 8 heteroatoms. The molecular weight excluding hydrogens is 254 g/mol. The van der Waals surface area contributed by atoms with Gasteiger partial charge in [0.2, 0.25) is 5.91 Å².